The van der Waals surface area contributed by atoms with Crippen LogP contribution >= 0.6 is 0 Å². The summed E-state index contributed by atoms with van der Waals surface area (Å²) in [5.74, 6) is -1.40. The zero-order chi connectivity index (χ0) is 33.4. The molecule has 3 aromatic rings. The average molecular weight is 656 g/mol. The van der Waals surface area contributed by atoms with Gasteiger partial charge in [-0.1, -0.05) is 12.5 Å². The highest BCUT2D eigenvalue weighted by Gasteiger charge is 2.62. The molecule has 246 valence electrons. The molecular weight excluding hydrogens is 617 g/mol. The van der Waals surface area contributed by atoms with E-state index in [0.717, 1.165) is 12.1 Å². The van der Waals surface area contributed by atoms with Crippen LogP contribution in [0.3, 0.4) is 0 Å². The monoisotopic (exact) mass is 655 g/mol. The van der Waals surface area contributed by atoms with E-state index in [2.05, 4.69) is 0 Å². The van der Waals surface area contributed by atoms with Crippen molar-refractivity contribution < 1.29 is 41.7 Å². The van der Waals surface area contributed by atoms with Crippen molar-refractivity contribution in [1.29, 1.82) is 0 Å². The zero-order valence-corrected chi connectivity index (χ0v) is 27.3. The standard InChI is InChI=1S/C33H38FN3O8S/c1-35(2)31(39)27-8-6-7-16-36(27)33(25-18-21(15-17-38)9-13-28(25)44-4)24-19-22(34)10-12-26(24)37(32(33)40)46(41,42)30-14-11-23(43-3)20-29(30)45-5/h9-14,18-20,27,38H,6-8,15-17H2,1-5H3/t27-,33?/m0/s1. The predicted molar refractivity (Wildman–Crippen MR) is 168 cm³/mol. The summed E-state index contributed by atoms with van der Waals surface area (Å²) >= 11 is 0. The topological polar surface area (TPSA) is 126 Å². The third-order valence-electron chi connectivity index (χ3n) is 8.66. The van der Waals surface area contributed by atoms with Gasteiger partial charge in [0.05, 0.1) is 33.1 Å². The van der Waals surface area contributed by atoms with Crippen molar-refractivity contribution in [2.75, 3.05) is 52.9 Å². The van der Waals surface area contributed by atoms with E-state index in [-0.39, 0.29) is 58.7 Å². The Kier molecular flexibility index (Phi) is 9.30. The van der Waals surface area contributed by atoms with Crippen LogP contribution in [0.5, 0.6) is 17.2 Å². The molecule has 1 unspecified atom stereocenters. The second-order valence-electron chi connectivity index (χ2n) is 11.4. The van der Waals surface area contributed by atoms with Crippen LogP contribution in [0.15, 0.2) is 59.5 Å². The first-order valence-corrected chi connectivity index (χ1v) is 16.3. The first-order chi connectivity index (χ1) is 22.0. The predicted octanol–water partition coefficient (Wildman–Crippen LogP) is 3.31. The summed E-state index contributed by atoms with van der Waals surface area (Å²) in [4.78, 5) is 32.0. The minimum absolute atomic E-state index is 0.0476. The van der Waals surface area contributed by atoms with E-state index in [4.69, 9.17) is 14.2 Å². The number of carbonyl (C=O) groups is 2. The van der Waals surface area contributed by atoms with Crippen molar-refractivity contribution >= 4 is 27.5 Å². The van der Waals surface area contributed by atoms with Crippen LogP contribution in [0.1, 0.15) is 36.0 Å². The summed E-state index contributed by atoms with van der Waals surface area (Å²) in [6, 6.07) is 11.8. The summed E-state index contributed by atoms with van der Waals surface area (Å²) in [5.41, 5.74) is -1.17. The molecule has 2 atom stereocenters. The number of anilines is 1. The van der Waals surface area contributed by atoms with E-state index in [1.54, 1.807) is 37.2 Å². The van der Waals surface area contributed by atoms with E-state index in [1.165, 1.54) is 50.5 Å². The molecular formula is C33H38FN3O8S. The van der Waals surface area contributed by atoms with Crippen LogP contribution in [0.2, 0.25) is 0 Å². The number of piperidine rings is 1. The number of carbonyl (C=O) groups excluding carboxylic acids is 2. The number of amides is 2. The molecule has 0 aliphatic carbocycles. The van der Waals surface area contributed by atoms with Gasteiger partial charge in [-0.15, -0.1) is 0 Å². The summed E-state index contributed by atoms with van der Waals surface area (Å²) in [5, 5.41) is 9.78. The van der Waals surface area contributed by atoms with Gasteiger partial charge in [0, 0.05) is 44.4 Å². The molecule has 0 radical (unpaired) electrons. The van der Waals surface area contributed by atoms with Gasteiger partial charge < -0.3 is 24.2 Å². The highest BCUT2D eigenvalue weighted by atomic mass is 32.2. The first-order valence-electron chi connectivity index (χ1n) is 14.8. The van der Waals surface area contributed by atoms with Crippen molar-refractivity contribution in [3.05, 3.63) is 77.1 Å². The number of aliphatic hydroxyl groups excluding tert-OH is 1. The molecule has 0 bridgehead atoms. The van der Waals surface area contributed by atoms with Crippen molar-refractivity contribution in [2.45, 2.75) is 42.2 Å². The second-order valence-corrected chi connectivity index (χ2v) is 13.2. The van der Waals surface area contributed by atoms with Gasteiger partial charge in [0.15, 0.2) is 5.54 Å². The van der Waals surface area contributed by atoms with Gasteiger partial charge in [-0.2, -0.15) is 0 Å². The van der Waals surface area contributed by atoms with Crippen LogP contribution in [0, 0.1) is 5.82 Å². The Morgan fingerprint density at radius 3 is 2.37 bits per heavy atom. The number of benzene rings is 3. The number of rotatable bonds is 10. The number of nitrogens with zero attached hydrogens (tertiary/aromatic N) is 3. The molecule has 2 amide bonds. The van der Waals surface area contributed by atoms with Gasteiger partial charge >= 0.3 is 0 Å². The molecule has 13 heteroatoms. The lowest BCUT2D eigenvalue weighted by atomic mass is 9.78. The van der Waals surface area contributed by atoms with Crippen molar-refractivity contribution in [3.63, 3.8) is 0 Å². The Hall–Kier alpha value is -4.20. The molecule has 0 aromatic heterocycles. The fraction of sp³-hybridized carbons (Fsp3) is 0.394. The first kappa shape index (κ1) is 33.2. The van der Waals surface area contributed by atoms with Gasteiger partial charge in [-0.25, -0.2) is 17.1 Å². The van der Waals surface area contributed by atoms with Gasteiger partial charge in [-0.05, 0) is 67.3 Å². The molecule has 2 heterocycles. The van der Waals surface area contributed by atoms with Crippen LogP contribution < -0.4 is 18.5 Å². The molecule has 46 heavy (non-hydrogen) atoms. The van der Waals surface area contributed by atoms with Crippen molar-refractivity contribution in [3.8, 4) is 17.2 Å². The van der Waals surface area contributed by atoms with E-state index < -0.39 is 33.3 Å². The quantitative estimate of drug-likeness (QED) is 0.350. The van der Waals surface area contributed by atoms with Gasteiger partial charge in [0.25, 0.3) is 15.9 Å². The average Bonchev–Trinajstić information content (AvgIpc) is 3.32. The van der Waals surface area contributed by atoms with E-state index >= 15 is 9.18 Å². The van der Waals surface area contributed by atoms with Crippen molar-refractivity contribution in [2.24, 2.45) is 0 Å². The fourth-order valence-electron chi connectivity index (χ4n) is 6.57. The Morgan fingerprint density at radius 1 is 0.978 bits per heavy atom. The number of fused-ring (bicyclic) bond motifs is 1. The van der Waals surface area contributed by atoms with Crippen LogP contribution in [-0.4, -0.2) is 89.8 Å². The zero-order valence-electron chi connectivity index (χ0n) is 26.4. The smallest absolute Gasteiger partial charge is 0.274 e. The van der Waals surface area contributed by atoms with E-state index in [0.29, 0.717) is 34.9 Å². The largest absolute Gasteiger partial charge is 0.497 e. The SMILES string of the molecule is COc1ccc(S(=O)(=O)N2C(=O)C(c3cc(CCO)ccc3OC)(N3CCCC[C@H]3C(=O)N(C)C)c3cc(F)ccc32)c(OC)c1. The number of aliphatic hydroxyl groups is 1. The van der Waals surface area contributed by atoms with Gasteiger partial charge in [0.1, 0.15) is 28.0 Å². The highest BCUT2D eigenvalue weighted by Crippen LogP contribution is 2.54. The third kappa shape index (κ3) is 5.25. The number of sulfonamides is 1. The molecule has 0 saturated carbocycles. The Morgan fingerprint density at radius 2 is 1.72 bits per heavy atom. The van der Waals surface area contributed by atoms with E-state index in [1.807, 2.05) is 0 Å². The summed E-state index contributed by atoms with van der Waals surface area (Å²) in [6.45, 7) is 0.0280. The lowest BCUT2D eigenvalue weighted by Gasteiger charge is -2.47. The van der Waals surface area contributed by atoms with Crippen molar-refractivity contribution in [1.82, 2.24) is 9.80 Å². The molecule has 2 aliphatic rings. The number of likely N-dealkylation sites (N-methyl/N-ethyl adjacent to an activating group) is 1. The molecule has 11 nitrogen and oxygen atoms in total. The maximum Gasteiger partial charge on any atom is 0.274 e. The second kappa shape index (κ2) is 12.9. The van der Waals surface area contributed by atoms with Crippen LogP contribution in [0.4, 0.5) is 10.1 Å². The lowest BCUT2D eigenvalue weighted by Crippen LogP contribution is -2.62. The molecule has 1 saturated heterocycles. The van der Waals surface area contributed by atoms with Crippen LogP contribution in [0.25, 0.3) is 0 Å². The Labute approximate surface area is 268 Å². The highest BCUT2D eigenvalue weighted by molar-refractivity contribution is 7.93. The third-order valence-corrected chi connectivity index (χ3v) is 10.4. The van der Waals surface area contributed by atoms with Gasteiger partial charge in [-0.3, -0.25) is 14.5 Å². The number of likely N-dealkylation sites (tertiary alicyclic amines) is 1. The maximum absolute atomic E-state index is 15.4. The molecule has 3 aromatic carbocycles. The minimum atomic E-state index is -4.72. The maximum atomic E-state index is 15.4. The summed E-state index contributed by atoms with van der Waals surface area (Å²) in [6.07, 6.45) is 1.89. The number of halogens is 1. The molecule has 1 fully saturated rings. The molecule has 1 N–H and O–H groups in total. The van der Waals surface area contributed by atoms with Crippen LogP contribution in [-0.2, 0) is 31.6 Å². The Balaban J connectivity index is 1.89. The minimum Gasteiger partial charge on any atom is -0.497 e. The number of hydrogen-bond donors (Lipinski definition) is 1. The van der Waals surface area contributed by atoms with Gasteiger partial charge in [0.2, 0.25) is 5.91 Å². The Bertz CT molecular complexity index is 1770. The molecule has 0 spiro atoms. The molecule has 5 rings (SSSR count). The number of ether oxygens (including phenoxy) is 3. The normalized spacial score (nSPS) is 19.9. The van der Waals surface area contributed by atoms with E-state index in [9.17, 15) is 18.3 Å². The summed E-state index contributed by atoms with van der Waals surface area (Å²) < 4.78 is 61.8. The fourth-order valence-corrected chi connectivity index (χ4v) is 8.18. The molecule has 2 aliphatic heterocycles. The number of methoxy groups -OCH3 is 3. The lowest BCUT2D eigenvalue weighted by molar-refractivity contribution is -0.142. The summed E-state index contributed by atoms with van der Waals surface area (Å²) in [7, 11) is 2.65. The number of hydrogen-bond acceptors (Lipinski definition) is 9.